The van der Waals surface area contributed by atoms with Crippen LogP contribution in [0.15, 0.2) is 30.5 Å². The number of aryl methyl sites for hydroxylation is 1. The molecule has 1 amide bonds. The fourth-order valence-electron chi connectivity index (χ4n) is 2.51. The Balaban J connectivity index is 1.59. The Morgan fingerprint density at radius 1 is 1.43 bits per heavy atom. The number of nitrogens with one attached hydrogen (secondary N) is 1. The Labute approximate surface area is 133 Å². The van der Waals surface area contributed by atoms with Gasteiger partial charge in [-0.05, 0) is 36.1 Å². The van der Waals surface area contributed by atoms with Crippen LogP contribution in [0.5, 0.6) is 0 Å². The molecule has 1 N–H and O–H groups in total. The van der Waals surface area contributed by atoms with Crippen LogP contribution in [0.2, 0.25) is 10.0 Å². The van der Waals surface area contributed by atoms with Gasteiger partial charge in [0, 0.05) is 29.2 Å². The van der Waals surface area contributed by atoms with Crippen LogP contribution >= 0.6 is 23.2 Å². The third kappa shape index (κ3) is 3.06. The molecule has 110 valence electrons. The van der Waals surface area contributed by atoms with Crippen molar-refractivity contribution >= 4 is 29.1 Å². The summed E-state index contributed by atoms with van der Waals surface area (Å²) in [4.78, 5) is 12.2. The fourth-order valence-corrected chi connectivity index (χ4v) is 3.06. The molecule has 3 rings (SSSR count). The summed E-state index contributed by atoms with van der Waals surface area (Å²) >= 11 is 12.1. The molecule has 1 aromatic heterocycles. The van der Waals surface area contributed by atoms with Crippen molar-refractivity contribution in [3.8, 4) is 0 Å². The van der Waals surface area contributed by atoms with E-state index < -0.39 is 0 Å². The molecule has 4 nitrogen and oxygen atoms in total. The molecule has 0 radical (unpaired) electrons. The Kier molecular flexibility index (Phi) is 3.91. The van der Waals surface area contributed by atoms with Gasteiger partial charge in [-0.15, -0.1) is 0 Å². The maximum absolute atomic E-state index is 12.2. The van der Waals surface area contributed by atoms with Crippen LogP contribution in [0.1, 0.15) is 23.6 Å². The number of benzene rings is 1. The molecule has 1 aliphatic rings. The average Bonchev–Trinajstić information content (AvgIpc) is 3.12. The van der Waals surface area contributed by atoms with Gasteiger partial charge in [-0.1, -0.05) is 29.3 Å². The van der Waals surface area contributed by atoms with Gasteiger partial charge in [-0.3, -0.25) is 9.48 Å². The lowest BCUT2D eigenvalue weighted by Crippen LogP contribution is -2.26. The molecule has 0 unspecified atom stereocenters. The minimum atomic E-state index is -0.00287. The highest BCUT2D eigenvalue weighted by Crippen LogP contribution is 2.50. The topological polar surface area (TPSA) is 46.9 Å². The minimum Gasteiger partial charge on any atom is -0.350 e. The minimum absolute atomic E-state index is 0.00287. The van der Waals surface area contributed by atoms with Gasteiger partial charge >= 0.3 is 0 Å². The Hall–Kier alpha value is -1.52. The van der Waals surface area contributed by atoms with Crippen LogP contribution < -0.4 is 5.32 Å². The number of rotatable bonds is 4. The number of halogens is 2. The summed E-state index contributed by atoms with van der Waals surface area (Å²) < 4.78 is 1.75. The summed E-state index contributed by atoms with van der Waals surface area (Å²) in [5.74, 6) is 0.255. The summed E-state index contributed by atoms with van der Waals surface area (Å²) in [5, 5.41) is 8.27. The summed E-state index contributed by atoms with van der Waals surface area (Å²) in [7, 11) is 1.86. The highest BCUT2D eigenvalue weighted by molar-refractivity contribution is 6.35. The van der Waals surface area contributed by atoms with Crippen LogP contribution in [0, 0.1) is 5.92 Å². The van der Waals surface area contributed by atoms with Crippen LogP contribution in [-0.4, -0.2) is 15.7 Å². The van der Waals surface area contributed by atoms with E-state index in [1.54, 1.807) is 16.9 Å². The second-order valence-corrected chi connectivity index (χ2v) is 6.12. The first-order valence-electron chi connectivity index (χ1n) is 6.76. The first-order chi connectivity index (χ1) is 10.1. The van der Waals surface area contributed by atoms with Crippen molar-refractivity contribution in [2.24, 2.45) is 13.0 Å². The summed E-state index contributed by atoms with van der Waals surface area (Å²) in [5.41, 5.74) is 1.98. The lowest BCUT2D eigenvalue weighted by molar-refractivity contribution is -0.122. The molecule has 0 saturated heterocycles. The molecule has 0 bridgehead atoms. The summed E-state index contributed by atoms with van der Waals surface area (Å²) in [6.45, 7) is 0.493. The van der Waals surface area contributed by atoms with Crippen molar-refractivity contribution in [2.45, 2.75) is 18.9 Å². The fraction of sp³-hybridized carbons (Fsp3) is 0.333. The number of carbonyl (C=O) groups excluding carboxylic acids is 1. The molecule has 1 fully saturated rings. The number of amides is 1. The van der Waals surface area contributed by atoms with Crippen LogP contribution in [0.4, 0.5) is 0 Å². The number of hydrogen-bond acceptors (Lipinski definition) is 2. The Bertz CT molecular complexity index is 683. The molecule has 1 heterocycles. The maximum Gasteiger partial charge on any atom is 0.224 e. The highest BCUT2D eigenvalue weighted by atomic mass is 35.5. The smallest absolute Gasteiger partial charge is 0.224 e. The molecule has 0 spiro atoms. The zero-order valence-electron chi connectivity index (χ0n) is 11.5. The molecule has 6 heteroatoms. The predicted molar refractivity (Wildman–Crippen MR) is 82.4 cm³/mol. The standard InChI is InChI=1S/C15H15Cl2N3O/c1-20-10(4-5-19-20)8-18-15(21)13-7-12(13)11-3-2-9(16)6-14(11)17/h2-6,12-13H,7-8H2,1H3,(H,18,21)/t12-,13+/m0/s1. The van der Waals surface area contributed by atoms with Gasteiger partial charge in [0.25, 0.3) is 0 Å². The van der Waals surface area contributed by atoms with E-state index in [4.69, 9.17) is 23.2 Å². The van der Waals surface area contributed by atoms with E-state index >= 15 is 0 Å². The van der Waals surface area contributed by atoms with E-state index in [9.17, 15) is 4.79 Å². The quantitative estimate of drug-likeness (QED) is 0.939. The predicted octanol–water partition coefficient (Wildman–Crippen LogP) is 3.15. The second kappa shape index (κ2) is 5.70. The summed E-state index contributed by atoms with van der Waals surface area (Å²) in [6.07, 6.45) is 2.55. The van der Waals surface area contributed by atoms with Crippen molar-refractivity contribution < 1.29 is 4.79 Å². The molecule has 0 aliphatic heterocycles. The third-order valence-electron chi connectivity index (χ3n) is 3.86. The van der Waals surface area contributed by atoms with Crippen molar-refractivity contribution in [1.29, 1.82) is 0 Å². The Morgan fingerprint density at radius 2 is 2.24 bits per heavy atom. The molecular formula is C15H15Cl2N3O. The van der Waals surface area contributed by atoms with Crippen molar-refractivity contribution in [3.05, 3.63) is 51.8 Å². The van der Waals surface area contributed by atoms with Crippen LogP contribution in [0.25, 0.3) is 0 Å². The molecule has 21 heavy (non-hydrogen) atoms. The Morgan fingerprint density at radius 3 is 2.90 bits per heavy atom. The number of aromatic nitrogens is 2. The van der Waals surface area contributed by atoms with Crippen LogP contribution in [0.3, 0.4) is 0 Å². The van der Waals surface area contributed by atoms with Gasteiger partial charge in [-0.2, -0.15) is 5.10 Å². The van der Waals surface area contributed by atoms with Gasteiger partial charge in [0.15, 0.2) is 0 Å². The number of carbonyl (C=O) groups is 1. The largest absolute Gasteiger partial charge is 0.350 e. The molecule has 2 atom stereocenters. The summed E-state index contributed by atoms with van der Waals surface area (Å²) in [6, 6.07) is 7.33. The zero-order chi connectivity index (χ0) is 15.0. The molecule has 2 aromatic rings. The van der Waals surface area contributed by atoms with Crippen molar-refractivity contribution in [2.75, 3.05) is 0 Å². The molecule has 1 aliphatic carbocycles. The monoisotopic (exact) mass is 323 g/mol. The van der Waals surface area contributed by atoms with Gasteiger partial charge in [-0.25, -0.2) is 0 Å². The lowest BCUT2D eigenvalue weighted by atomic mass is 10.1. The first-order valence-corrected chi connectivity index (χ1v) is 7.51. The lowest BCUT2D eigenvalue weighted by Gasteiger charge is -2.06. The highest BCUT2D eigenvalue weighted by Gasteiger charge is 2.44. The van der Waals surface area contributed by atoms with Gasteiger partial charge in [0.1, 0.15) is 0 Å². The van der Waals surface area contributed by atoms with E-state index in [-0.39, 0.29) is 17.7 Å². The normalized spacial score (nSPS) is 20.3. The van der Waals surface area contributed by atoms with E-state index in [0.29, 0.717) is 16.6 Å². The van der Waals surface area contributed by atoms with Gasteiger partial charge in [0.05, 0.1) is 12.2 Å². The van der Waals surface area contributed by atoms with Gasteiger partial charge in [0.2, 0.25) is 5.91 Å². The number of hydrogen-bond donors (Lipinski definition) is 1. The second-order valence-electron chi connectivity index (χ2n) is 5.28. The van der Waals surface area contributed by atoms with Crippen LogP contribution in [-0.2, 0) is 18.4 Å². The first kappa shape index (κ1) is 14.4. The van der Waals surface area contributed by atoms with Crippen molar-refractivity contribution in [1.82, 2.24) is 15.1 Å². The number of nitrogens with zero attached hydrogens (tertiary/aromatic N) is 2. The van der Waals surface area contributed by atoms with E-state index in [1.165, 1.54) is 0 Å². The third-order valence-corrected chi connectivity index (χ3v) is 4.42. The molecular weight excluding hydrogens is 309 g/mol. The van der Waals surface area contributed by atoms with E-state index in [1.807, 2.05) is 25.2 Å². The SMILES string of the molecule is Cn1nccc1CNC(=O)[C@@H]1C[C@H]1c1ccc(Cl)cc1Cl. The van der Waals surface area contributed by atoms with E-state index in [2.05, 4.69) is 10.4 Å². The average molecular weight is 324 g/mol. The van der Waals surface area contributed by atoms with Crippen molar-refractivity contribution in [3.63, 3.8) is 0 Å². The molecule has 1 saturated carbocycles. The van der Waals surface area contributed by atoms with Gasteiger partial charge < -0.3 is 5.32 Å². The molecule has 1 aromatic carbocycles. The van der Waals surface area contributed by atoms with E-state index in [0.717, 1.165) is 17.7 Å². The maximum atomic E-state index is 12.2. The zero-order valence-corrected chi connectivity index (χ0v) is 13.0.